The topological polar surface area (TPSA) is 70.1 Å². The van der Waals surface area contributed by atoms with Gasteiger partial charge in [0.1, 0.15) is 17.2 Å². The first-order valence-electron chi connectivity index (χ1n) is 8.43. The third-order valence-corrected chi connectivity index (χ3v) is 4.77. The number of nitrogens with one attached hydrogen (secondary N) is 2. The largest absolute Gasteiger partial charge is 0.353 e. The zero-order valence-corrected chi connectivity index (χ0v) is 14.4. The number of halogens is 2. The maximum Gasteiger partial charge on any atom is 0.248 e. The number of pyridine rings is 2. The van der Waals surface area contributed by atoms with Crippen LogP contribution in [0.25, 0.3) is 0 Å². The number of aromatic nitrogens is 2. The van der Waals surface area contributed by atoms with Gasteiger partial charge in [0.05, 0.1) is 11.7 Å². The summed E-state index contributed by atoms with van der Waals surface area (Å²) in [7, 11) is 0. The molecule has 0 spiro atoms. The van der Waals surface area contributed by atoms with Crippen molar-refractivity contribution in [1.82, 2.24) is 15.3 Å². The lowest BCUT2D eigenvalue weighted by atomic mass is 9.78. The molecule has 2 N–H and O–H groups in total. The third-order valence-electron chi connectivity index (χ3n) is 4.77. The highest BCUT2D eigenvalue weighted by molar-refractivity contribution is 5.99. The molecule has 2 aromatic heterocycles. The molecular formula is C20H16F2N4O. The van der Waals surface area contributed by atoms with E-state index in [-0.39, 0.29) is 17.4 Å². The van der Waals surface area contributed by atoms with Gasteiger partial charge in [-0.25, -0.2) is 9.37 Å². The van der Waals surface area contributed by atoms with Gasteiger partial charge in [-0.2, -0.15) is 4.39 Å². The van der Waals surface area contributed by atoms with Crippen molar-refractivity contribution in [2.24, 2.45) is 4.99 Å². The van der Waals surface area contributed by atoms with E-state index in [0.717, 1.165) is 5.56 Å². The minimum absolute atomic E-state index is 0.251. The first-order chi connectivity index (χ1) is 13.0. The molecule has 0 aliphatic carbocycles. The molecular weight excluding hydrogens is 350 g/mol. The monoisotopic (exact) mass is 366 g/mol. The van der Waals surface area contributed by atoms with Crippen LogP contribution in [0.2, 0.25) is 0 Å². The van der Waals surface area contributed by atoms with Crippen molar-refractivity contribution in [1.29, 1.82) is 0 Å². The predicted molar refractivity (Wildman–Crippen MR) is 97.6 cm³/mol. The van der Waals surface area contributed by atoms with Crippen LogP contribution in [-0.2, 0) is 5.54 Å². The van der Waals surface area contributed by atoms with Crippen molar-refractivity contribution in [3.8, 4) is 0 Å². The van der Waals surface area contributed by atoms with E-state index in [1.54, 1.807) is 30.3 Å². The Kier molecular flexibility index (Phi) is 4.07. The van der Waals surface area contributed by atoms with Gasteiger partial charge >= 0.3 is 0 Å². The van der Waals surface area contributed by atoms with Crippen LogP contribution in [0.5, 0.6) is 0 Å². The molecule has 7 heteroatoms. The molecule has 1 aliphatic heterocycles. The molecule has 0 saturated carbocycles. The molecule has 5 nitrogen and oxygen atoms in total. The molecule has 3 heterocycles. The Morgan fingerprint density at radius 1 is 1.04 bits per heavy atom. The molecule has 0 bridgehead atoms. The van der Waals surface area contributed by atoms with Gasteiger partial charge < -0.3 is 10.3 Å². The van der Waals surface area contributed by atoms with Gasteiger partial charge in [0.2, 0.25) is 11.5 Å². The summed E-state index contributed by atoms with van der Waals surface area (Å²) in [5.74, 6) is -0.514. The first-order valence-corrected chi connectivity index (χ1v) is 8.43. The van der Waals surface area contributed by atoms with Crippen LogP contribution < -0.4 is 10.9 Å². The summed E-state index contributed by atoms with van der Waals surface area (Å²) in [4.78, 5) is 22.7. The van der Waals surface area contributed by atoms with Crippen LogP contribution in [-0.4, -0.2) is 21.8 Å². The lowest BCUT2D eigenvalue weighted by molar-refractivity contribution is 0.429. The number of amidine groups is 1. The zero-order chi connectivity index (χ0) is 19.0. The second-order valence-corrected chi connectivity index (χ2v) is 6.39. The van der Waals surface area contributed by atoms with Gasteiger partial charge in [0, 0.05) is 12.3 Å². The Labute approximate surface area is 153 Å². The van der Waals surface area contributed by atoms with Gasteiger partial charge in [-0.3, -0.25) is 9.79 Å². The molecule has 2 atom stereocenters. The number of benzene rings is 1. The average Bonchev–Trinajstić information content (AvgIpc) is 3.01. The zero-order valence-electron chi connectivity index (χ0n) is 14.4. The first kappa shape index (κ1) is 17.1. The van der Waals surface area contributed by atoms with E-state index < -0.39 is 11.5 Å². The molecule has 0 fully saturated rings. The van der Waals surface area contributed by atoms with Crippen molar-refractivity contribution >= 4 is 5.84 Å². The second-order valence-electron chi connectivity index (χ2n) is 6.39. The van der Waals surface area contributed by atoms with Crippen LogP contribution >= 0.6 is 0 Å². The van der Waals surface area contributed by atoms with Crippen LogP contribution in [0.4, 0.5) is 8.78 Å². The van der Waals surface area contributed by atoms with Gasteiger partial charge in [-0.1, -0.05) is 18.2 Å². The predicted octanol–water partition coefficient (Wildman–Crippen LogP) is 2.73. The fourth-order valence-electron chi connectivity index (χ4n) is 3.49. The number of rotatable bonds is 3. The Morgan fingerprint density at radius 2 is 1.81 bits per heavy atom. The maximum absolute atomic E-state index is 13.9. The summed E-state index contributed by atoms with van der Waals surface area (Å²) in [5, 5.41) is 3.34. The summed E-state index contributed by atoms with van der Waals surface area (Å²) >= 11 is 0. The summed E-state index contributed by atoms with van der Waals surface area (Å²) in [6.07, 6.45) is 1.38. The summed E-state index contributed by atoms with van der Waals surface area (Å²) in [6.45, 7) is 1.88. The number of hydrogen-bond acceptors (Lipinski definition) is 4. The summed E-state index contributed by atoms with van der Waals surface area (Å²) < 4.78 is 27.4. The van der Waals surface area contributed by atoms with Crippen LogP contribution in [0.15, 0.2) is 70.6 Å². The molecule has 1 aliphatic rings. The van der Waals surface area contributed by atoms with E-state index in [0.29, 0.717) is 17.1 Å². The van der Waals surface area contributed by atoms with Gasteiger partial charge in [-0.15, -0.1) is 0 Å². The van der Waals surface area contributed by atoms with Crippen molar-refractivity contribution in [2.75, 3.05) is 0 Å². The Balaban J connectivity index is 1.87. The van der Waals surface area contributed by atoms with E-state index in [2.05, 4.69) is 20.3 Å². The normalized spacial score (nSPS) is 21.6. The van der Waals surface area contributed by atoms with E-state index >= 15 is 0 Å². The average molecular weight is 366 g/mol. The molecule has 136 valence electrons. The minimum Gasteiger partial charge on any atom is -0.353 e. The maximum atomic E-state index is 13.9. The second kappa shape index (κ2) is 6.42. The van der Waals surface area contributed by atoms with E-state index in [9.17, 15) is 13.6 Å². The highest BCUT2D eigenvalue weighted by atomic mass is 19.1. The quantitative estimate of drug-likeness (QED) is 0.701. The lowest BCUT2D eigenvalue weighted by Gasteiger charge is -2.35. The van der Waals surface area contributed by atoms with Crippen molar-refractivity contribution in [2.45, 2.75) is 18.5 Å². The third kappa shape index (κ3) is 2.91. The van der Waals surface area contributed by atoms with Crippen molar-refractivity contribution in [3.05, 3.63) is 99.7 Å². The molecule has 0 unspecified atom stereocenters. The summed E-state index contributed by atoms with van der Waals surface area (Å²) in [5.41, 5.74) is 0.663. The Morgan fingerprint density at radius 3 is 2.52 bits per heavy atom. The van der Waals surface area contributed by atoms with Gasteiger partial charge in [0.15, 0.2) is 0 Å². The standard InChI is InChI=1S/C20H16F2N4O/c1-12-20(13-5-7-15(21)8-6-13,14-9-10-23-17(22)11-14)26-19(24-12)16-3-2-4-18(27)25-16/h2-12H,1H3,(H,24,26)(H,25,27)/t12-,20-/m0/s1. The Bertz CT molecular complexity index is 1080. The molecule has 4 rings (SSSR count). The highest BCUT2D eigenvalue weighted by Gasteiger charge is 2.45. The smallest absolute Gasteiger partial charge is 0.248 e. The van der Waals surface area contributed by atoms with Crippen LogP contribution in [0, 0.1) is 11.8 Å². The fourth-order valence-corrected chi connectivity index (χ4v) is 3.49. The van der Waals surface area contributed by atoms with E-state index in [1.807, 2.05) is 6.92 Å². The lowest BCUT2D eigenvalue weighted by Crippen LogP contribution is -2.48. The fraction of sp³-hybridized carbons (Fsp3) is 0.150. The molecule has 0 radical (unpaired) electrons. The highest BCUT2D eigenvalue weighted by Crippen LogP contribution is 2.38. The molecule has 1 aromatic carbocycles. The van der Waals surface area contributed by atoms with Crippen molar-refractivity contribution < 1.29 is 8.78 Å². The number of aliphatic imine (C=N–C) groups is 1. The van der Waals surface area contributed by atoms with Gasteiger partial charge in [-0.05, 0) is 48.4 Å². The number of hydrogen-bond donors (Lipinski definition) is 2. The molecule has 0 amide bonds. The SMILES string of the molecule is C[C@@H]1N=C(c2cccc(=O)[nH]2)N[C@@]1(c1ccc(F)cc1)c1ccnc(F)c1. The number of aromatic amines is 1. The molecule has 0 saturated heterocycles. The van der Waals surface area contributed by atoms with E-state index in [1.165, 1.54) is 30.5 Å². The van der Waals surface area contributed by atoms with Crippen LogP contribution in [0.3, 0.4) is 0 Å². The van der Waals surface area contributed by atoms with E-state index in [4.69, 9.17) is 0 Å². The minimum atomic E-state index is -0.931. The van der Waals surface area contributed by atoms with Crippen molar-refractivity contribution in [3.63, 3.8) is 0 Å². The Hall–Kier alpha value is -3.35. The van der Waals surface area contributed by atoms with Crippen LogP contribution in [0.1, 0.15) is 23.7 Å². The molecule has 3 aromatic rings. The number of nitrogens with zero attached hydrogens (tertiary/aromatic N) is 2. The van der Waals surface area contributed by atoms with Gasteiger partial charge in [0.25, 0.3) is 0 Å². The summed E-state index contributed by atoms with van der Waals surface area (Å²) in [6, 6.07) is 13.4. The number of H-pyrrole nitrogens is 1. The molecule has 27 heavy (non-hydrogen) atoms.